The molecule has 1 heterocycles. The van der Waals surface area contributed by atoms with E-state index in [0.717, 1.165) is 25.2 Å². The van der Waals surface area contributed by atoms with Crippen LogP contribution < -0.4 is 16.4 Å². The van der Waals surface area contributed by atoms with Crippen molar-refractivity contribution in [1.29, 1.82) is 0 Å². The minimum Gasteiger partial charge on any atom is -0.364 e. The van der Waals surface area contributed by atoms with Crippen LogP contribution in [0.25, 0.3) is 0 Å². The Morgan fingerprint density at radius 1 is 1.33 bits per heavy atom. The molecule has 0 saturated carbocycles. The molecule has 0 saturated heterocycles. The largest absolute Gasteiger partial charge is 0.364 e. The van der Waals surface area contributed by atoms with Crippen molar-refractivity contribution in [3.8, 4) is 0 Å². The second-order valence-electron chi connectivity index (χ2n) is 4.09. The Balaban J connectivity index is 2.94. The molecule has 4 N–H and O–H groups in total. The summed E-state index contributed by atoms with van der Waals surface area (Å²) in [5.41, 5.74) is 10.9. The van der Waals surface area contributed by atoms with Crippen LogP contribution in [0.15, 0.2) is 12.1 Å². The normalized spacial score (nSPS) is 10.7. The maximum Gasteiger partial charge on any atom is 0.269 e. The highest BCUT2D eigenvalue weighted by molar-refractivity contribution is 5.90. The number of hydrogen-bond acceptors (Lipinski definition) is 5. The topological polar surface area (TPSA) is 98.1 Å². The summed E-state index contributed by atoms with van der Waals surface area (Å²) in [6.45, 7) is 5.53. The molecule has 0 aliphatic heterocycles. The summed E-state index contributed by atoms with van der Waals surface area (Å²) < 4.78 is 0. The van der Waals surface area contributed by atoms with Gasteiger partial charge in [-0.2, -0.15) is 0 Å². The summed E-state index contributed by atoms with van der Waals surface area (Å²) in [7, 11) is 0. The summed E-state index contributed by atoms with van der Waals surface area (Å²) in [5, 5.41) is 7.88. The number of rotatable bonds is 7. The second kappa shape index (κ2) is 6.90. The fraction of sp³-hybridized carbons (Fsp3) is 0.583. The van der Waals surface area contributed by atoms with Gasteiger partial charge in [-0.05, 0) is 25.0 Å². The first-order valence-corrected chi connectivity index (χ1v) is 6.24. The van der Waals surface area contributed by atoms with Crippen LogP contribution >= 0.6 is 0 Å². The molecule has 0 unspecified atom stereocenters. The number of carbonyl (C=O) groups excluding carboxylic acids is 1. The van der Waals surface area contributed by atoms with E-state index >= 15 is 0 Å². The summed E-state index contributed by atoms with van der Waals surface area (Å²) in [6.07, 6.45) is 2.02. The van der Waals surface area contributed by atoms with Gasteiger partial charge in [-0.25, -0.2) is 0 Å². The van der Waals surface area contributed by atoms with E-state index in [0.29, 0.717) is 12.6 Å². The Bertz CT molecular complexity index is 375. The molecule has 1 amide bonds. The molecule has 1 rings (SSSR count). The lowest BCUT2D eigenvalue weighted by Gasteiger charge is -2.30. The van der Waals surface area contributed by atoms with Crippen LogP contribution in [0.3, 0.4) is 0 Å². The molecule has 6 heteroatoms. The first-order valence-electron chi connectivity index (χ1n) is 6.24. The van der Waals surface area contributed by atoms with Crippen molar-refractivity contribution >= 4 is 11.7 Å². The Kier molecular flexibility index (Phi) is 5.51. The third-order valence-electron chi connectivity index (χ3n) is 2.95. The van der Waals surface area contributed by atoms with Gasteiger partial charge >= 0.3 is 0 Å². The van der Waals surface area contributed by atoms with Crippen molar-refractivity contribution in [3.05, 3.63) is 17.8 Å². The molecule has 1 aromatic rings. The third-order valence-corrected chi connectivity index (χ3v) is 2.95. The van der Waals surface area contributed by atoms with Crippen LogP contribution in [0.4, 0.5) is 5.82 Å². The predicted octanol–water partition coefficient (Wildman–Crippen LogP) is 0.529. The molecule has 0 aliphatic carbocycles. The van der Waals surface area contributed by atoms with Crippen molar-refractivity contribution < 1.29 is 4.79 Å². The Hall–Kier alpha value is -1.69. The molecular formula is C12H21N5O. The number of anilines is 1. The molecule has 100 valence electrons. The number of primary amides is 1. The standard InChI is InChI=1S/C12H21N5O/c1-3-9(4-2)17(8-7-13)11-6-5-10(12(14)18)15-16-11/h5-6,9H,3-4,7-8,13H2,1-2H3,(H2,14,18). The fourth-order valence-corrected chi connectivity index (χ4v) is 1.96. The molecule has 0 atom stereocenters. The summed E-state index contributed by atoms with van der Waals surface area (Å²) in [6, 6.07) is 3.74. The van der Waals surface area contributed by atoms with E-state index in [1.54, 1.807) is 12.1 Å². The van der Waals surface area contributed by atoms with Crippen LogP contribution in [0.1, 0.15) is 37.2 Å². The summed E-state index contributed by atoms with van der Waals surface area (Å²) >= 11 is 0. The first kappa shape index (κ1) is 14.4. The zero-order valence-corrected chi connectivity index (χ0v) is 11.0. The maximum absolute atomic E-state index is 10.9. The summed E-state index contributed by atoms with van der Waals surface area (Å²) in [4.78, 5) is 13.1. The molecule has 18 heavy (non-hydrogen) atoms. The van der Waals surface area contributed by atoms with Crippen LogP contribution in [-0.2, 0) is 0 Å². The third kappa shape index (κ3) is 3.40. The monoisotopic (exact) mass is 251 g/mol. The number of hydrogen-bond donors (Lipinski definition) is 2. The predicted molar refractivity (Wildman–Crippen MR) is 71.3 cm³/mol. The fourth-order valence-electron chi connectivity index (χ4n) is 1.96. The van der Waals surface area contributed by atoms with E-state index < -0.39 is 5.91 Å². The van der Waals surface area contributed by atoms with Crippen molar-refractivity contribution in [2.24, 2.45) is 11.5 Å². The van der Waals surface area contributed by atoms with Gasteiger partial charge in [0.25, 0.3) is 5.91 Å². The van der Waals surface area contributed by atoms with Gasteiger partial charge in [0.2, 0.25) is 0 Å². The Morgan fingerprint density at radius 2 is 2.00 bits per heavy atom. The average Bonchev–Trinajstić information content (AvgIpc) is 2.39. The van der Waals surface area contributed by atoms with Crippen LogP contribution in [0, 0.1) is 0 Å². The zero-order valence-electron chi connectivity index (χ0n) is 11.0. The smallest absolute Gasteiger partial charge is 0.269 e. The van der Waals surface area contributed by atoms with Crippen LogP contribution in [0.2, 0.25) is 0 Å². The van der Waals surface area contributed by atoms with Gasteiger partial charge in [0, 0.05) is 19.1 Å². The lowest BCUT2D eigenvalue weighted by Crippen LogP contribution is -2.39. The number of nitrogens with two attached hydrogens (primary N) is 2. The maximum atomic E-state index is 10.9. The zero-order chi connectivity index (χ0) is 13.5. The highest BCUT2D eigenvalue weighted by Crippen LogP contribution is 2.17. The lowest BCUT2D eigenvalue weighted by molar-refractivity contribution is 0.0994. The van der Waals surface area contributed by atoms with Crippen LogP contribution in [-0.4, -0.2) is 35.2 Å². The average molecular weight is 251 g/mol. The van der Waals surface area contributed by atoms with Gasteiger partial charge in [-0.15, -0.1) is 10.2 Å². The number of nitrogens with zero attached hydrogens (tertiary/aromatic N) is 3. The van der Waals surface area contributed by atoms with E-state index in [2.05, 4.69) is 28.9 Å². The Labute approximate surface area is 107 Å². The quantitative estimate of drug-likeness (QED) is 0.736. The van der Waals surface area contributed by atoms with Gasteiger partial charge in [0.1, 0.15) is 0 Å². The van der Waals surface area contributed by atoms with E-state index in [1.165, 1.54) is 0 Å². The van der Waals surface area contributed by atoms with Gasteiger partial charge in [-0.1, -0.05) is 13.8 Å². The number of carbonyl (C=O) groups is 1. The van der Waals surface area contributed by atoms with Gasteiger partial charge in [0.15, 0.2) is 11.5 Å². The Morgan fingerprint density at radius 3 is 2.39 bits per heavy atom. The molecular weight excluding hydrogens is 230 g/mol. The first-order chi connectivity index (χ1) is 8.63. The lowest BCUT2D eigenvalue weighted by atomic mass is 10.1. The molecule has 0 fully saturated rings. The highest BCUT2D eigenvalue weighted by atomic mass is 16.1. The van der Waals surface area contributed by atoms with Crippen molar-refractivity contribution in [1.82, 2.24) is 10.2 Å². The van der Waals surface area contributed by atoms with Crippen molar-refractivity contribution in [2.45, 2.75) is 32.7 Å². The van der Waals surface area contributed by atoms with Crippen molar-refractivity contribution in [3.63, 3.8) is 0 Å². The van der Waals surface area contributed by atoms with E-state index in [9.17, 15) is 4.79 Å². The van der Waals surface area contributed by atoms with Crippen molar-refractivity contribution in [2.75, 3.05) is 18.0 Å². The minimum absolute atomic E-state index is 0.177. The molecule has 0 spiro atoms. The highest BCUT2D eigenvalue weighted by Gasteiger charge is 2.17. The van der Waals surface area contributed by atoms with E-state index in [-0.39, 0.29) is 5.69 Å². The summed E-state index contributed by atoms with van der Waals surface area (Å²) in [5.74, 6) is 0.168. The van der Waals surface area contributed by atoms with Gasteiger partial charge < -0.3 is 16.4 Å². The molecule has 6 nitrogen and oxygen atoms in total. The van der Waals surface area contributed by atoms with Gasteiger partial charge in [0.05, 0.1) is 0 Å². The minimum atomic E-state index is -0.568. The second-order valence-corrected chi connectivity index (χ2v) is 4.09. The SMILES string of the molecule is CCC(CC)N(CCN)c1ccc(C(N)=O)nn1. The van der Waals surface area contributed by atoms with E-state index in [4.69, 9.17) is 11.5 Å². The molecule has 0 bridgehead atoms. The van der Waals surface area contributed by atoms with Crippen LogP contribution in [0.5, 0.6) is 0 Å². The molecule has 1 aromatic heterocycles. The number of amides is 1. The van der Waals surface area contributed by atoms with E-state index in [1.807, 2.05) is 0 Å². The number of aromatic nitrogens is 2. The molecule has 0 aromatic carbocycles. The molecule has 0 radical (unpaired) electrons. The van der Waals surface area contributed by atoms with Gasteiger partial charge in [-0.3, -0.25) is 4.79 Å². The molecule has 0 aliphatic rings.